The lowest BCUT2D eigenvalue weighted by atomic mass is 10.0. The molecule has 0 fully saturated rings. The summed E-state index contributed by atoms with van der Waals surface area (Å²) in [5.74, 6) is 1.29. The molecule has 3 aromatic rings. The predicted octanol–water partition coefficient (Wildman–Crippen LogP) is 4.86. The lowest BCUT2D eigenvalue weighted by Gasteiger charge is -2.13. The van der Waals surface area contributed by atoms with Gasteiger partial charge in [-0.15, -0.1) is 0 Å². The number of carbonyl (C=O) groups excluding carboxylic acids is 1. The van der Waals surface area contributed by atoms with E-state index >= 15 is 0 Å². The number of methoxy groups -OCH3 is 1. The van der Waals surface area contributed by atoms with E-state index in [0.29, 0.717) is 17.9 Å². The average Bonchev–Trinajstić information content (AvgIpc) is 2.68. The normalized spacial score (nSPS) is 10.4. The fourth-order valence-electron chi connectivity index (χ4n) is 2.61. The Labute approximate surface area is 160 Å². The molecular weight excluding hydrogens is 394 g/mol. The lowest BCUT2D eigenvalue weighted by Crippen LogP contribution is -2.08. The quantitative estimate of drug-likeness (QED) is 0.521. The molecule has 0 unspecified atom stereocenters. The van der Waals surface area contributed by atoms with E-state index in [0.717, 1.165) is 21.3 Å². The third-order valence-electron chi connectivity index (χ3n) is 3.91. The molecule has 0 aliphatic carbocycles. The SMILES string of the molecule is COc1ccccc1COc1ccc(Br)cc1C(=O)Cc1cccnc1. The van der Waals surface area contributed by atoms with Gasteiger partial charge in [-0.1, -0.05) is 40.2 Å². The third-order valence-corrected chi connectivity index (χ3v) is 4.40. The number of rotatable bonds is 7. The van der Waals surface area contributed by atoms with Gasteiger partial charge in [0, 0.05) is 28.9 Å². The van der Waals surface area contributed by atoms with Crippen molar-refractivity contribution in [1.82, 2.24) is 4.98 Å². The van der Waals surface area contributed by atoms with Gasteiger partial charge in [0.15, 0.2) is 5.78 Å². The van der Waals surface area contributed by atoms with Crippen LogP contribution in [0, 0.1) is 0 Å². The maximum Gasteiger partial charge on any atom is 0.171 e. The minimum absolute atomic E-state index is 0.0191. The van der Waals surface area contributed by atoms with Gasteiger partial charge in [0.1, 0.15) is 18.1 Å². The van der Waals surface area contributed by atoms with E-state index in [1.165, 1.54) is 0 Å². The summed E-state index contributed by atoms with van der Waals surface area (Å²) in [6.45, 7) is 0.318. The number of ketones is 1. The van der Waals surface area contributed by atoms with Gasteiger partial charge in [0.25, 0.3) is 0 Å². The molecule has 0 saturated heterocycles. The van der Waals surface area contributed by atoms with Crippen molar-refractivity contribution in [3.05, 3.63) is 88.2 Å². The van der Waals surface area contributed by atoms with Crippen molar-refractivity contribution >= 4 is 21.7 Å². The number of nitrogens with zero attached hydrogens (tertiary/aromatic N) is 1. The molecule has 0 radical (unpaired) electrons. The van der Waals surface area contributed by atoms with Crippen molar-refractivity contribution in [2.75, 3.05) is 7.11 Å². The van der Waals surface area contributed by atoms with Gasteiger partial charge >= 0.3 is 0 Å². The van der Waals surface area contributed by atoms with E-state index in [2.05, 4.69) is 20.9 Å². The number of hydrogen-bond acceptors (Lipinski definition) is 4. The number of aromatic nitrogens is 1. The smallest absolute Gasteiger partial charge is 0.171 e. The maximum atomic E-state index is 12.8. The Kier molecular flexibility index (Phi) is 6.02. The van der Waals surface area contributed by atoms with Gasteiger partial charge in [-0.05, 0) is 35.9 Å². The van der Waals surface area contributed by atoms with Crippen molar-refractivity contribution in [2.45, 2.75) is 13.0 Å². The van der Waals surface area contributed by atoms with E-state index in [1.54, 1.807) is 31.6 Å². The summed E-state index contributed by atoms with van der Waals surface area (Å²) >= 11 is 3.43. The highest BCUT2D eigenvalue weighted by Crippen LogP contribution is 2.27. The predicted molar refractivity (Wildman–Crippen MR) is 104 cm³/mol. The van der Waals surface area contributed by atoms with Gasteiger partial charge < -0.3 is 9.47 Å². The Hall–Kier alpha value is -2.66. The molecule has 0 amide bonds. The van der Waals surface area contributed by atoms with Crippen LogP contribution in [0.25, 0.3) is 0 Å². The summed E-state index contributed by atoms with van der Waals surface area (Å²) in [6, 6.07) is 16.8. The molecule has 0 spiro atoms. The highest BCUT2D eigenvalue weighted by molar-refractivity contribution is 9.10. The van der Waals surface area contributed by atoms with Crippen molar-refractivity contribution in [2.24, 2.45) is 0 Å². The summed E-state index contributed by atoms with van der Waals surface area (Å²) in [4.78, 5) is 16.8. The Bertz CT molecular complexity index is 897. The third kappa shape index (κ3) is 4.49. The average molecular weight is 412 g/mol. The summed E-state index contributed by atoms with van der Waals surface area (Å²) in [7, 11) is 1.63. The van der Waals surface area contributed by atoms with Crippen LogP contribution in [0.15, 0.2) is 71.5 Å². The van der Waals surface area contributed by atoms with Crippen LogP contribution in [-0.4, -0.2) is 17.9 Å². The lowest BCUT2D eigenvalue weighted by molar-refractivity contribution is 0.0988. The first kappa shape index (κ1) is 18.1. The first-order chi connectivity index (χ1) is 12.7. The molecule has 5 heteroatoms. The molecule has 1 aromatic heterocycles. The number of benzene rings is 2. The summed E-state index contributed by atoms with van der Waals surface area (Å²) in [5.41, 5.74) is 2.33. The standard InChI is InChI=1S/C21H18BrNO3/c1-25-20-7-3-2-6-16(20)14-26-21-9-8-17(22)12-18(21)19(24)11-15-5-4-10-23-13-15/h2-10,12-13H,11,14H2,1H3. The Morgan fingerprint density at radius 2 is 1.92 bits per heavy atom. The molecule has 26 heavy (non-hydrogen) atoms. The van der Waals surface area contributed by atoms with Crippen molar-refractivity contribution in [3.8, 4) is 11.5 Å². The molecule has 0 bridgehead atoms. The van der Waals surface area contributed by atoms with E-state index in [-0.39, 0.29) is 12.2 Å². The molecule has 1 heterocycles. The molecular formula is C21H18BrNO3. The molecule has 3 rings (SSSR count). The van der Waals surface area contributed by atoms with E-state index in [4.69, 9.17) is 9.47 Å². The van der Waals surface area contributed by atoms with Gasteiger partial charge in [-0.3, -0.25) is 9.78 Å². The zero-order valence-electron chi connectivity index (χ0n) is 14.3. The van der Waals surface area contributed by atoms with Crippen LogP contribution >= 0.6 is 15.9 Å². The molecule has 0 N–H and O–H groups in total. The molecule has 2 aromatic carbocycles. The van der Waals surface area contributed by atoms with Crippen LogP contribution < -0.4 is 9.47 Å². The first-order valence-corrected chi connectivity index (χ1v) is 8.93. The Morgan fingerprint density at radius 3 is 2.69 bits per heavy atom. The number of hydrogen-bond donors (Lipinski definition) is 0. The summed E-state index contributed by atoms with van der Waals surface area (Å²) in [6.07, 6.45) is 3.66. The topological polar surface area (TPSA) is 48.4 Å². The second kappa shape index (κ2) is 8.63. The highest BCUT2D eigenvalue weighted by atomic mass is 79.9. The minimum Gasteiger partial charge on any atom is -0.496 e. The zero-order valence-corrected chi connectivity index (χ0v) is 15.9. The van der Waals surface area contributed by atoms with Crippen LogP contribution in [-0.2, 0) is 13.0 Å². The number of Topliss-reactive ketones (excluding diaryl/α,β-unsaturated/α-hetero) is 1. The van der Waals surface area contributed by atoms with Gasteiger partial charge in [-0.25, -0.2) is 0 Å². The van der Waals surface area contributed by atoms with Crippen molar-refractivity contribution < 1.29 is 14.3 Å². The van der Waals surface area contributed by atoms with Crippen LogP contribution in [0.5, 0.6) is 11.5 Å². The molecule has 4 nitrogen and oxygen atoms in total. The van der Waals surface area contributed by atoms with E-state index in [9.17, 15) is 4.79 Å². The fraction of sp³-hybridized carbons (Fsp3) is 0.143. The number of pyridine rings is 1. The van der Waals surface area contributed by atoms with Crippen LogP contribution in [0.2, 0.25) is 0 Å². The summed E-state index contributed by atoms with van der Waals surface area (Å²) < 4.78 is 12.1. The maximum absolute atomic E-state index is 12.8. The number of carbonyl (C=O) groups is 1. The second-order valence-electron chi connectivity index (χ2n) is 5.70. The largest absolute Gasteiger partial charge is 0.496 e. The number of ether oxygens (including phenoxy) is 2. The highest BCUT2D eigenvalue weighted by Gasteiger charge is 2.15. The number of para-hydroxylation sites is 1. The van der Waals surface area contributed by atoms with E-state index in [1.807, 2.05) is 42.5 Å². The van der Waals surface area contributed by atoms with Crippen LogP contribution in [0.3, 0.4) is 0 Å². The fourth-order valence-corrected chi connectivity index (χ4v) is 2.97. The molecule has 0 atom stereocenters. The minimum atomic E-state index is -0.0191. The van der Waals surface area contributed by atoms with Gasteiger partial charge in [-0.2, -0.15) is 0 Å². The Morgan fingerprint density at radius 1 is 1.08 bits per heavy atom. The van der Waals surface area contributed by atoms with E-state index < -0.39 is 0 Å². The van der Waals surface area contributed by atoms with Crippen molar-refractivity contribution in [1.29, 1.82) is 0 Å². The molecule has 0 saturated carbocycles. The van der Waals surface area contributed by atoms with Gasteiger partial charge in [0.05, 0.1) is 12.7 Å². The second-order valence-corrected chi connectivity index (χ2v) is 6.62. The molecule has 0 aliphatic heterocycles. The van der Waals surface area contributed by atoms with Gasteiger partial charge in [0.2, 0.25) is 0 Å². The summed E-state index contributed by atoms with van der Waals surface area (Å²) in [5, 5.41) is 0. The monoisotopic (exact) mass is 411 g/mol. The molecule has 132 valence electrons. The number of halogens is 1. The van der Waals surface area contributed by atoms with Crippen LogP contribution in [0.4, 0.5) is 0 Å². The van der Waals surface area contributed by atoms with Crippen LogP contribution in [0.1, 0.15) is 21.5 Å². The Balaban J connectivity index is 1.80. The van der Waals surface area contributed by atoms with Crippen molar-refractivity contribution in [3.63, 3.8) is 0 Å². The first-order valence-electron chi connectivity index (χ1n) is 8.13. The zero-order chi connectivity index (χ0) is 18.4. The molecule has 0 aliphatic rings.